The molecule has 0 aromatic heterocycles. The molecule has 0 aliphatic heterocycles. The van der Waals surface area contributed by atoms with Crippen LogP contribution in [0.5, 0.6) is 0 Å². The van der Waals surface area contributed by atoms with Crippen molar-refractivity contribution >= 4 is 26.4 Å². The second kappa shape index (κ2) is 3.07. The molecule has 0 saturated carbocycles. The first kappa shape index (κ1) is 12.0. The average Bonchev–Trinajstić information content (AvgIpc) is 1.52. The molecule has 74 valence electrons. The Labute approximate surface area is 72.0 Å². The smallest absolute Gasteiger partial charge is 0.183 e. The van der Waals surface area contributed by atoms with Gasteiger partial charge in [0.1, 0.15) is 0 Å². The molecule has 0 atom stereocenters. The van der Waals surface area contributed by atoms with E-state index in [0.29, 0.717) is 0 Å². The van der Waals surface area contributed by atoms with Gasteiger partial charge in [-0.1, -0.05) is 3.89 Å². The molecule has 0 unspecified atom stereocenters. The summed E-state index contributed by atoms with van der Waals surface area (Å²) in [5, 5.41) is 0. The molecule has 0 heterocycles. The Kier molecular flexibility index (Phi) is 3.08. The predicted molar refractivity (Wildman–Crippen MR) is 29.9 cm³/mol. The Morgan fingerprint density at radius 2 is 1.50 bits per heavy atom. The highest BCUT2D eigenvalue weighted by Crippen LogP contribution is 2.41. The summed E-state index contributed by atoms with van der Waals surface area (Å²) in [5.74, 6) is 0. The molecular weight excluding hydrogens is 279 g/mol. The molecule has 0 aromatic carbocycles. The minimum Gasteiger partial charge on any atom is -0.183 e. The lowest BCUT2D eigenvalue weighted by molar-refractivity contribution is -0.265. The minimum absolute atomic E-state index is 1.11. The SMILES string of the molecule is O=S(=O)(F)OC(F)(F)C(F)(F)Br. The maximum Gasteiger partial charge on any atom is 0.446 e. The van der Waals surface area contributed by atoms with Gasteiger partial charge in [0.25, 0.3) is 0 Å². The third-order valence-electron chi connectivity index (χ3n) is 0.534. The fourth-order valence-corrected chi connectivity index (χ4v) is 0.715. The first-order valence-electron chi connectivity index (χ1n) is 2.05. The summed E-state index contributed by atoms with van der Waals surface area (Å²) in [6.45, 7) is 0. The van der Waals surface area contributed by atoms with E-state index in [4.69, 9.17) is 0 Å². The summed E-state index contributed by atoms with van der Waals surface area (Å²) in [4.78, 5) is -4.96. The molecule has 0 rings (SSSR count). The highest BCUT2D eigenvalue weighted by atomic mass is 79.9. The lowest BCUT2D eigenvalue weighted by Crippen LogP contribution is -2.38. The monoisotopic (exact) mass is 278 g/mol. The van der Waals surface area contributed by atoms with Gasteiger partial charge < -0.3 is 0 Å². The minimum atomic E-state index is -6.12. The van der Waals surface area contributed by atoms with Crippen molar-refractivity contribution in [2.45, 2.75) is 10.9 Å². The van der Waals surface area contributed by atoms with Crippen LogP contribution >= 0.6 is 15.9 Å². The van der Waals surface area contributed by atoms with Crippen molar-refractivity contribution in [3.63, 3.8) is 0 Å². The largest absolute Gasteiger partial charge is 0.446 e. The molecule has 0 fully saturated rings. The standard InChI is InChI=1S/C2BrF5O3S/c3-1(4,5)2(6,7)11-12(8,9)10. The zero-order valence-electron chi connectivity index (χ0n) is 4.90. The van der Waals surface area contributed by atoms with E-state index >= 15 is 0 Å². The highest BCUT2D eigenvalue weighted by Gasteiger charge is 2.59. The fraction of sp³-hybridized carbons (Fsp3) is 1.00. The van der Waals surface area contributed by atoms with E-state index in [1.807, 2.05) is 0 Å². The van der Waals surface area contributed by atoms with Crippen LogP contribution in [0.25, 0.3) is 0 Å². The van der Waals surface area contributed by atoms with Gasteiger partial charge in [-0.15, -0.1) is 0 Å². The van der Waals surface area contributed by atoms with Gasteiger partial charge >= 0.3 is 21.4 Å². The van der Waals surface area contributed by atoms with Crippen molar-refractivity contribution < 1.29 is 34.0 Å². The van der Waals surface area contributed by atoms with Crippen LogP contribution in [0.4, 0.5) is 21.4 Å². The highest BCUT2D eigenvalue weighted by molar-refractivity contribution is 9.10. The molecule has 0 aliphatic rings. The van der Waals surface area contributed by atoms with Gasteiger partial charge in [-0.05, 0) is 0 Å². The lowest BCUT2D eigenvalue weighted by atomic mass is 10.7. The number of alkyl halides is 5. The lowest BCUT2D eigenvalue weighted by Gasteiger charge is -2.17. The molecule has 0 amide bonds. The molecule has 0 aromatic rings. The maximum absolute atomic E-state index is 11.8. The van der Waals surface area contributed by atoms with Crippen LogP contribution < -0.4 is 0 Å². The summed E-state index contributed by atoms with van der Waals surface area (Å²) >= 11 is 1.11. The maximum atomic E-state index is 11.8. The Morgan fingerprint density at radius 3 is 1.58 bits per heavy atom. The third-order valence-corrected chi connectivity index (χ3v) is 1.40. The second-order valence-corrected chi connectivity index (χ2v) is 3.44. The Balaban J connectivity index is 4.67. The van der Waals surface area contributed by atoms with E-state index in [2.05, 4.69) is 4.18 Å². The predicted octanol–water partition coefficient (Wildman–Crippen LogP) is 1.80. The van der Waals surface area contributed by atoms with Crippen molar-refractivity contribution in [2.24, 2.45) is 0 Å². The molecule has 12 heavy (non-hydrogen) atoms. The van der Waals surface area contributed by atoms with Crippen LogP contribution in [0.3, 0.4) is 0 Å². The van der Waals surface area contributed by atoms with Crippen LogP contribution in [0, 0.1) is 0 Å². The third kappa shape index (κ3) is 3.63. The Bertz CT molecular complexity index is 254. The van der Waals surface area contributed by atoms with E-state index in [1.165, 1.54) is 0 Å². The van der Waals surface area contributed by atoms with Gasteiger partial charge in [0, 0.05) is 15.9 Å². The molecule has 0 saturated heterocycles. The van der Waals surface area contributed by atoms with Gasteiger partial charge in [0.15, 0.2) is 0 Å². The number of hydrogen-bond donors (Lipinski definition) is 0. The van der Waals surface area contributed by atoms with Gasteiger partial charge in [0.2, 0.25) is 0 Å². The summed E-state index contributed by atoms with van der Waals surface area (Å²) in [6, 6.07) is 0. The quantitative estimate of drug-likeness (QED) is 0.449. The van der Waals surface area contributed by atoms with Crippen molar-refractivity contribution in [1.82, 2.24) is 0 Å². The summed E-state index contributed by atoms with van der Waals surface area (Å²) in [5.41, 5.74) is 0. The molecule has 3 nitrogen and oxygen atoms in total. The van der Waals surface area contributed by atoms with E-state index in [1.54, 1.807) is 0 Å². The molecule has 0 spiro atoms. The number of rotatable bonds is 3. The van der Waals surface area contributed by atoms with Crippen LogP contribution in [-0.4, -0.2) is 19.4 Å². The Hall–Kier alpha value is 0.0400. The van der Waals surface area contributed by atoms with Gasteiger partial charge in [-0.25, -0.2) is 0 Å². The molecule has 10 heteroatoms. The first-order chi connectivity index (χ1) is 4.96. The average molecular weight is 279 g/mol. The zero-order valence-corrected chi connectivity index (χ0v) is 7.30. The molecule has 0 aliphatic carbocycles. The first-order valence-corrected chi connectivity index (χ1v) is 4.15. The van der Waals surface area contributed by atoms with E-state index in [-0.39, 0.29) is 0 Å². The van der Waals surface area contributed by atoms with Crippen LogP contribution in [0.15, 0.2) is 0 Å². The second-order valence-electron chi connectivity index (χ2n) is 1.49. The van der Waals surface area contributed by atoms with Gasteiger partial charge in [-0.3, -0.25) is 0 Å². The van der Waals surface area contributed by atoms with Gasteiger partial charge in [0.05, 0.1) is 0 Å². The van der Waals surface area contributed by atoms with Crippen molar-refractivity contribution in [2.75, 3.05) is 0 Å². The number of hydrogen-bond acceptors (Lipinski definition) is 3. The topological polar surface area (TPSA) is 43.4 Å². The Morgan fingerprint density at radius 1 is 1.17 bits per heavy atom. The zero-order chi connectivity index (χ0) is 10.2. The van der Waals surface area contributed by atoms with Crippen LogP contribution in [-0.2, 0) is 14.7 Å². The van der Waals surface area contributed by atoms with Crippen LogP contribution in [0.1, 0.15) is 0 Å². The fourth-order valence-electron chi connectivity index (χ4n) is 0.172. The number of halogens is 6. The molecule has 0 N–H and O–H groups in total. The van der Waals surface area contributed by atoms with Crippen molar-refractivity contribution in [3.05, 3.63) is 0 Å². The van der Waals surface area contributed by atoms with Crippen molar-refractivity contribution in [3.8, 4) is 0 Å². The van der Waals surface area contributed by atoms with Gasteiger partial charge in [-0.2, -0.15) is 30.2 Å². The molecule has 0 bridgehead atoms. The van der Waals surface area contributed by atoms with Crippen molar-refractivity contribution in [1.29, 1.82) is 0 Å². The normalized spacial score (nSPS) is 14.8. The van der Waals surface area contributed by atoms with E-state index in [9.17, 15) is 29.9 Å². The summed E-state index contributed by atoms with van der Waals surface area (Å²) in [7, 11) is -6.12. The molecule has 0 radical (unpaired) electrons. The van der Waals surface area contributed by atoms with Crippen LogP contribution in [0.2, 0.25) is 0 Å². The summed E-state index contributed by atoms with van der Waals surface area (Å²) in [6.07, 6.45) is -5.46. The summed E-state index contributed by atoms with van der Waals surface area (Å²) < 4.78 is 79.1. The van der Waals surface area contributed by atoms with E-state index in [0.717, 1.165) is 15.9 Å². The van der Waals surface area contributed by atoms with E-state index < -0.39 is 21.4 Å². The molecular formula is C2BrF5O3S.